The van der Waals surface area contributed by atoms with Gasteiger partial charge in [-0.25, -0.2) is 13.2 Å². The summed E-state index contributed by atoms with van der Waals surface area (Å²) in [4.78, 5) is 12.8. The molecule has 0 radical (unpaired) electrons. The molecule has 6 nitrogen and oxygen atoms in total. The smallest absolute Gasteiger partial charge is 0.346 e. The lowest BCUT2D eigenvalue weighted by molar-refractivity contribution is -0.144. The second kappa shape index (κ2) is 5.49. The predicted octanol–water partition coefficient (Wildman–Crippen LogP) is 1.04. The lowest BCUT2D eigenvalue weighted by atomic mass is 10.2. The van der Waals surface area contributed by atoms with Crippen molar-refractivity contribution in [3.05, 3.63) is 23.2 Å². The molecular formula is C12H14ClNO5S. The molecular weight excluding hydrogens is 306 g/mol. The van der Waals surface area contributed by atoms with Gasteiger partial charge in [-0.2, -0.15) is 0 Å². The molecule has 1 heterocycles. The number of anilines is 1. The second-order valence-electron chi connectivity index (χ2n) is 4.63. The van der Waals surface area contributed by atoms with Crippen LogP contribution >= 0.6 is 11.6 Å². The fraction of sp³-hybridized carbons (Fsp3) is 0.417. The van der Waals surface area contributed by atoms with Crippen LogP contribution in [0, 0.1) is 0 Å². The van der Waals surface area contributed by atoms with Crippen LogP contribution in [0.25, 0.3) is 0 Å². The van der Waals surface area contributed by atoms with Gasteiger partial charge in [-0.05, 0) is 18.2 Å². The molecule has 0 bridgehead atoms. The van der Waals surface area contributed by atoms with Crippen molar-refractivity contribution in [1.29, 1.82) is 0 Å². The van der Waals surface area contributed by atoms with Gasteiger partial charge in [0.1, 0.15) is 15.6 Å². The zero-order chi connectivity index (χ0) is 14.9. The molecule has 1 N–H and O–H groups in total. The number of halogens is 1. The number of hydrogen-bond donors (Lipinski definition) is 1. The van der Waals surface area contributed by atoms with Gasteiger partial charge >= 0.3 is 5.97 Å². The highest BCUT2D eigenvalue weighted by atomic mass is 35.5. The zero-order valence-electron chi connectivity index (χ0n) is 10.7. The Morgan fingerprint density at radius 1 is 1.55 bits per heavy atom. The molecule has 1 aliphatic heterocycles. The molecule has 0 saturated heterocycles. The first-order chi connectivity index (χ1) is 9.26. The summed E-state index contributed by atoms with van der Waals surface area (Å²) in [5.74, 6) is -0.762. The lowest BCUT2D eigenvalue weighted by Gasteiger charge is -2.34. The molecule has 1 atom stereocenters. The van der Waals surface area contributed by atoms with E-state index in [-0.39, 0.29) is 18.8 Å². The Labute approximate surface area is 121 Å². The normalized spacial score (nSPS) is 18.3. The average molecular weight is 320 g/mol. The molecule has 0 saturated carbocycles. The third-order valence-electron chi connectivity index (χ3n) is 2.92. The number of rotatable bonds is 4. The SMILES string of the molecule is CS(=O)(=O)CCN1CC(C(=O)O)Oc2ccc(Cl)cc21. The van der Waals surface area contributed by atoms with Crippen LogP contribution in [0.3, 0.4) is 0 Å². The maximum Gasteiger partial charge on any atom is 0.346 e. The van der Waals surface area contributed by atoms with Crippen molar-refractivity contribution in [2.24, 2.45) is 0 Å². The number of nitrogens with zero attached hydrogens (tertiary/aromatic N) is 1. The van der Waals surface area contributed by atoms with E-state index in [9.17, 15) is 13.2 Å². The Hall–Kier alpha value is -1.47. The van der Waals surface area contributed by atoms with Crippen molar-refractivity contribution in [3.63, 3.8) is 0 Å². The summed E-state index contributed by atoms with van der Waals surface area (Å²) in [5, 5.41) is 9.55. The van der Waals surface area contributed by atoms with Gasteiger partial charge < -0.3 is 14.7 Å². The van der Waals surface area contributed by atoms with E-state index in [0.29, 0.717) is 16.5 Å². The number of sulfone groups is 1. The summed E-state index contributed by atoms with van der Waals surface area (Å²) >= 11 is 5.91. The number of carboxylic acids is 1. The van der Waals surface area contributed by atoms with Gasteiger partial charge in [-0.15, -0.1) is 0 Å². The van der Waals surface area contributed by atoms with Crippen molar-refractivity contribution in [2.45, 2.75) is 6.10 Å². The highest BCUT2D eigenvalue weighted by molar-refractivity contribution is 7.90. The summed E-state index contributed by atoms with van der Waals surface area (Å²) in [5.41, 5.74) is 0.610. The molecule has 1 unspecified atom stereocenters. The van der Waals surface area contributed by atoms with Gasteiger partial charge in [-0.3, -0.25) is 0 Å². The molecule has 1 aromatic carbocycles. The minimum Gasteiger partial charge on any atom is -0.478 e. The average Bonchev–Trinajstić information content (AvgIpc) is 2.34. The van der Waals surface area contributed by atoms with Crippen molar-refractivity contribution >= 4 is 33.1 Å². The fourth-order valence-corrected chi connectivity index (χ4v) is 2.66. The standard InChI is InChI=1S/C12H14ClNO5S/c1-20(17,18)5-4-14-7-11(12(15)16)19-10-3-2-8(13)6-9(10)14/h2-3,6,11H,4-5,7H2,1H3,(H,15,16). The third kappa shape index (κ3) is 3.55. The molecule has 1 aromatic rings. The summed E-state index contributed by atoms with van der Waals surface area (Å²) in [6.45, 7) is 0.275. The summed E-state index contributed by atoms with van der Waals surface area (Å²) < 4.78 is 27.9. The largest absolute Gasteiger partial charge is 0.478 e. The molecule has 8 heteroatoms. The summed E-state index contributed by atoms with van der Waals surface area (Å²) in [6.07, 6.45) is 0.115. The number of carboxylic acid groups (broad SMARTS) is 1. The van der Waals surface area contributed by atoms with Crippen LogP contribution < -0.4 is 9.64 Å². The van der Waals surface area contributed by atoms with E-state index in [1.54, 1.807) is 23.1 Å². The summed E-state index contributed by atoms with van der Waals surface area (Å²) in [7, 11) is -3.14. The Balaban J connectivity index is 2.29. The number of fused-ring (bicyclic) bond motifs is 1. The van der Waals surface area contributed by atoms with E-state index >= 15 is 0 Å². The summed E-state index contributed by atoms with van der Waals surface area (Å²) in [6, 6.07) is 4.82. The number of benzene rings is 1. The van der Waals surface area contributed by atoms with E-state index in [0.717, 1.165) is 6.26 Å². The monoisotopic (exact) mass is 319 g/mol. The molecule has 0 amide bonds. The van der Waals surface area contributed by atoms with Crippen LogP contribution in [0.2, 0.25) is 5.02 Å². The highest BCUT2D eigenvalue weighted by Crippen LogP contribution is 2.35. The first-order valence-electron chi connectivity index (χ1n) is 5.88. The van der Waals surface area contributed by atoms with Gasteiger partial charge in [-0.1, -0.05) is 11.6 Å². The highest BCUT2D eigenvalue weighted by Gasteiger charge is 2.30. The molecule has 0 aliphatic carbocycles. The molecule has 2 rings (SSSR count). The quantitative estimate of drug-likeness (QED) is 0.892. The van der Waals surface area contributed by atoms with Gasteiger partial charge in [0.2, 0.25) is 6.10 Å². The van der Waals surface area contributed by atoms with Crippen LogP contribution in [0.5, 0.6) is 5.75 Å². The van der Waals surface area contributed by atoms with Crippen molar-refractivity contribution in [1.82, 2.24) is 0 Å². The maximum atomic E-state index is 11.3. The number of hydrogen-bond acceptors (Lipinski definition) is 5. The minimum absolute atomic E-state index is 0.0642. The number of aliphatic carboxylic acids is 1. The zero-order valence-corrected chi connectivity index (χ0v) is 12.3. The minimum atomic E-state index is -3.14. The fourth-order valence-electron chi connectivity index (χ4n) is 1.94. The van der Waals surface area contributed by atoms with Crippen LogP contribution in [-0.2, 0) is 14.6 Å². The molecule has 1 aliphatic rings. The molecule has 20 heavy (non-hydrogen) atoms. The molecule has 110 valence electrons. The Bertz CT molecular complexity index is 631. The second-order valence-corrected chi connectivity index (χ2v) is 7.33. The maximum absolute atomic E-state index is 11.3. The van der Waals surface area contributed by atoms with Gasteiger partial charge in [0.25, 0.3) is 0 Å². The first kappa shape index (κ1) is 14.9. The topological polar surface area (TPSA) is 83.9 Å². The molecule has 0 spiro atoms. The van der Waals surface area contributed by atoms with Gasteiger partial charge in [0, 0.05) is 17.8 Å². The van der Waals surface area contributed by atoms with Crippen LogP contribution in [-0.4, -0.2) is 50.7 Å². The Morgan fingerprint density at radius 2 is 2.25 bits per heavy atom. The molecule has 0 aromatic heterocycles. The van der Waals surface area contributed by atoms with Gasteiger partial charge in [0.05, 0.1) is 18.0 Å². The van der Waals surface area contributed by atoms with E-state index in [4.69, 9.17) is 21.4 Å². The Kier molecular flexibility index (Phi) is 4.10. The first-order valence-corrected chi connectivity index (χ1v) is 8.32. The van der Waals surface area contributed by atoms with Gasteiger partial charge in [0.15, 0.2) is 0 Å². The van der Waals surface area contributed by atoms with Crippen molar-refractivity contribution < 1.29 is 23.1 Å². The Morgan fingerprint density at radius 3 is 2.85 bits per heavy atom. The lowest BCUT2D eigenvalue weighted by Crippen LogP contribution is -2.45. The predicted molar refractivity (Wildman–Crippen MR) is 75.4 cm³/mol. The van der Waals surface area contributed by atoms with Crippen molar-refractivity contribution in [2.75, 3.05) is 30.0 Å². The van der Waals surface area contributed by atoms with Crippen LogP contribution in [0.1, 0.15) is 0 Å². The van der Waals surface area contributed by atoms with Crippen molar-refractivity contribution in [3.8, 4) is 5.75 Å². The van der Waals surface area contributed by atoms with Crippen LogP contribution in [0.15, 0.2) is 18.2 Å². The van der Waals surface area contributed by atoms with E-state index in [1.807, 2.05) is 0 Å². The third-order valence-corrected chi connectivity index (χ3v) is 4.08. The van der Waals surface area contributed by atoms with E-state index in [2.05, 4.69) is 0 Å². The molecule has 0 fully saturated rings. The van der Waals surface area contributed by atoms with E-state index < -0.39 is 21.9 Å². The number of ether oxygens (including phenoxy) is 1. The number of carbonyl (C=O) groups is 1. The van der Waals surface area contributed by atoms with E-state index in [1.165, 1.54) is 0 Å². The van der Waals surface area contributed by atoms with Crippen LogP contribution in [0.4, 0.5) is 5.69 Å².